The summed E-state index contributed by atoms with van der Waals surface area (Å²) in [6, 6.07) is 12.7. The highest BCUT2D eigenvalue weighted by molar-refractivity contribution is 7.89. The first kappa shape index (κ1) is 40.4. The molecular formula is C37H37N7O11S2. The summed E-state index contributed by atoms with van der Waals surface area (Å²) < 4.78 is 36.0. The third-order valence-electron chi connectivity index (χ3n) is 8.82. The van der Waals surface area contributed by atoms with E-state index in [1.54, 1.807) is 5.38 Å². The van der Waals surface area contributed by atoms with Crippen molar-refractivity contribution in [3.8, 4) is 17.0 Å². The first-order valence-corrected chi connectivity index (χ1v) is 20.4. The Kier molecular flexibility index (Phi) is 12.5. The average Bonchev–Trinajstić information content (AvgIpc) is 3.93. The largest absolute Gasteiger partial charge is 0.492 e. The third-order valence-corrected chi connectivity index (χ3v) is 10.6. The van der Waals surface area contributed by atoms with Crippen molar-refractivity contribution < 1.29 is 51.5 Å². The molecule has 1 saturated heterocycles. The molecule has 2 atom stereocenters. The minimum absolute atomic E-state index is 0.00868. The van der Waals surface area contributed by atoms with Crippen molar-refractivity contribution in [3.05, 3.63) is 89.1 Å². The van der Waals surface area contributed by atoms with Crippen LogP contribution in [0.25, 0.3) is 11.3 Å². The number of anilines is 1. The molecule has 57 heavy (non-hydrogen) atoms. The van der Waals surface area contributed by atoms with Crippen LogP contribution in [0.1, 0.15) is 56.8 Å². The van der Waals surface area contributed by atoms with Crippen LogP contribution in [0.4, 0.5) is 5.13 Å². The zero-order valence-corrected chi connectivity index (χ0v) is 32.0. The minimum atomic E-state index is -3.64. The Morgan fingerprint density at radius 2 is 1.79 bits per heavy atom. The van der Waals surface area contributed by atoms with Crippen LogP contribution in [-0.2, 0) is 33.9 Å². The lowest BCUT2D eigenvalue weighted by Crippen LogP contribution is -2.54. The number of nitrogens with zero attached hydrogens (tertiary/aromatic N) is 3. The van der Waals surface area contributed by atoms with Gasteiger partial charge in [0.05, 0.1) is 41.8 Å². The van der Waals surface area contributed by atoms with Gasteiger partial charge in [-0.1, -0.05) is 30.3 Å². The Hall–Kier alpha value is -6.25. The number of carbonyl (C=O) groups is 7. The molecule has 0 spiro atoms. The molecule has 4 aromatic rings. The fourth-order valence-corrected chi connectivity index (χ4v) is 7.24. The van der Waals surface area contributed by atoms with Crippen molar-refractivity contribution in [1.29, 1.82) is 0 Å². The van der Waals surface area contributed by atoms with Gasteiger partial charge in [0.2, 0.25) is 27.7 Å². The number of hydrogen-bond donors (Lipinski definition) is 4. The predicted molar refractivity (Wildman–Crippen MR) is 204 cm³/mol. The Morgan fingerprint density at radius 3 is 2.53 bits per heavy atom. The first-order chi connectivity index (χ1) is 27.3. The molecule has 0 bridgehead atoms. The predicted octanol–water partition coefficient (Wildman–Crippen LogP) is 1.55. The van der Waals surface area contributed by atoms with E-state index in [2.05, 4.69) is 26.3 Å². The summed E-state index contributed by atoms with van der Waals surface area (Å²) in [4.78, 5) is 93.9. The summed E-state index contributed by atoms with van der Waals surface area (Å²) in [5.41, 5.74) is 1.69. The van der Waals surface area contributed by atoms with Crippen LogP contribution in [0.5, 0.6) is 5.75 Å². The molecule has 1 unspecified atom stereocenters. The maximum atomic E-state index is 13.3. The SMILES string of the molecule is CS(=O)(=O)n1ccc(C(=O)N[C@@H](COCCCC(=O)NCCOc2ccc3c(c2)C(=O)N(C2CCC(=O)NC2=O)C3=O)C(=O)Nc2nc(-c3ccccc3)cs2)c1. The molecule has 2 aromatic heterocycles. The number of thiazole rings is 1. The molecule has 6 rings (SSSR count). The number of imide groups is 2. The van der Waals surface area contributed by atoms with Gasteiger partial charge in [-0.25, -0.2) is 13.4 Å². The van der Waals surface area contributed by atoms with E-state index < -0.39 is 57.6 Å². The van der Waals surface area contributed by atoms with Crippen LogP contribution in [0, 0.1) is 0 Å². The maximum absolute atomic E-state index is 13.3. The lowest BCUT2D eigenvalue weighted by Gasteiger charge is -2.27. The van der Waals surface area contributed by atoms with Gasteiger partial charge in [0.15, 0.2) is 5.13 Å². The summed E-state index contributed by atoms with van der Waals surface area (Å²) >= 11 is 1.19. The molecule has 2 aliphatic rings. The van der Waals surface area contributed by atoms with Crippen molar-refractivity contribution in [2.45, 2.75) is 37.8 Å². The smallest absolute Gasteiger partial charge is 0.262 e. The zero-order valence-electron chi connectivity index (χ0n) is 30.4. The quantitative estimate of drug-likeness (QED) is 0.0877. The summed E-state index contributed by atoms with van der Waals surface area (Å²) in [5.74, 6) is -3.84. The Morgan fingerprint density at radius 1 is 1.02 bits per heavy atom. The van der Waals surface area contributed by atoms with E-state index in [-0.39, 0.29) is 85.5 Å². The fourth-order valence-electron chi connectivity index (χ4n) is 5.93. The third kappa shape index (κ3) is 9.95. The monoisotopic (exact) mass is 819 g/mol. The van der Waals surface area contributed by atoms with Crippen LogP contribution in [0.3, 0.4) is 0 Å². The average molecular weight is 820 g/mol. The van der Waals surface area contributed by atoms with Crippen molar-refractivity contribution in [3.63, 3.8) is 0 Å². The second-order valence-electron chi connectivity index (χ2n) is 12.9. The lowest BCUT2D eigenvalue weighted by molar-refractivity contribution is -0.136. The molecule has 0 radical (unpaired) electrons. The van der Waals surface area contributed by atoms with Crippen molar-refractivity contribution in [2.24, 2.45) is 0 Å². The molecule has 2 aliphatic heterocycles. The van der Waals surface area contributed by atoms with Crippen molar-refractivity contribution in [2.75, 3.05) is 37.9 Å². The van der Waals surface area contributed by atoms with Crippen LogP contribution in [-0.4, -0.2) is 108 Å². The van der Waals surface area contributed by atoms with E-state index in [9.17, 15) is 42.0 Å². The number of piperidine rings is 1. The number of amides is 7. The van der Waals surface area contributed by atoms with Gasteiger partial charge in [-0.05, 0) is 37.1 Å². The first-order valence-electron chi connectivity index (χ1n) is 17.6. The van der Waals surface area contributed by atoms with Crippen LogP contribution >= 0.6 is 11.3 Å². The van der Waals surface area contributed by atoms with Gasteiger partial charge in [-0.2, -0.15) is 0 Å². The number of fused-ring (bicyclic) bond motifs is 1. The van der Waals surface area contributed by atoms with Gasteiger partial charge in [0, 0.05) is 42.8 Å². The highest BCUT2D eigenvalue weighted by Gasteiger charge is 2.44. The van der Waals surface area contributed by atoms with E-state index >= 15 is 0 Å². The number of hydrogen-bond acceptors (Lipinski definition) is 13. The lowest BCUT2D eigenvalue weighted by atomic mass is 10.0. The fraction of sp³-hybridized carbons (Fsp3) is 0.297. The van der Waals surface area contributed by atoms with Gasteiger partial charge in [0.25, 0.3) is 23.6 Å². The second kappa shape index (κ2) is 17.7. The molecule has 0 aliphatic carbocycles. The summed E-state index contributed by atoms with van der Waals surface area (Å²) in [6.07, 6.45) is 3.71. The van der Waals surface area contributed by atoms with E-state index in [1.807, 2.05) is 30.3 Å². The minimum Gasteiger partial charge on any atom is -0.492 e. The molecule has 0 saturated carbocycles. The van der Waals surface area contributed by atoms with Crippen LogP contribution in [0.15, 0.2) is 72.4 Å². The number of nitrogens with one attached hydrogen (secondary N) is 4. The molecule has 18 nitrogen and oxygen atoms in total. The number of carbonyl (C=O) groups excluding carboxylic acids is 7. The van der Waals surface area contributed by atoms with Crippen molar-refractivity contribution in [1.82, 2.24) is 29.8 Å². The zero-order chi connectivity index (χ0) is 40.7. The second-order valence-corrected chi connectivity index (χ2v) is 15.7. The number of ether oxygens (including phenoxy) is 2. The summed E-state index contributed by atoms with van der Waals surface area (Å²) in [5, 5.41) is 12.2. The number of rotatable bonds is 17. The van der Waals surface area contributed by atoms with E-state index in [4.69, 9.17) is 9.47 Å². The van der Waals surface area contributed by atoms with Gasteiger partial charge < -0.3 is 25.4 Å². The molecule has 7 amide bonds. The standard InChI is InChI=1S/C37H37N7O11S2/c1-57(52,53)43-15-13-23(19-43)32(47)39-27(33(48)42-37-40-28(21-56-37)22-6-3-2-4-7-22)20-54-16-5-8-30(45)38-14-17-55-24-9-10-25-26(18-24)36(51)44(35(25)50)29-11-12-31(46)41-34(29)49/h2-4,6-7,9-10,13,15,18-19,21,27,29H,5,8,11-12,14,16-17,20H2,1H3,(H,38,45)(H,39,47)(H,40,42,48)(H,41,46,49)/t27-,29?/m0/s1. The highest BCUT2D eigenvalue weighted by Crippen LogP contribution is 2.30. The number of aromatic nitrogens is 2. The van der Waals surface area contributed by atoms with Crippen molar-refractivity contribution >= 4 is 67.8 Å². The Labute approximate surface area is 330 Å². The van der Waals surface area contributed by atoms with Gasteiger partial charge in [-0.3, -0.25) is 47.8 Å². The van der Waals surface area contributed by atoms with E-state index in [1.165, 1.54) is 41.8 Å². The van der Waals surface area contributed by atoms with Gasteiger partial charge in [0.1, 0.15) is 24.4 Å². The van der Waals surface area contributed by atoms with E-state index in [0.717, 1.165) is 26.9 Å². The summed E-state index contributed by atoms with van der Waals surface area (Å²) in [6.45, 7) is -0.0573. The molecule has 20 heteroatoms. The highest BCUT2D eigenvalue weighted by atomic mass is 32.2. The molecule has 2 aromatic carbocycles. The molecule has 4 N–H and O–H groups in total. The molecule has 298 valence electrons. The summed E-state index contributed by atoms with van der Waals surface area (Å²) in [7, 11) is -3.64. The molecule has 4 heterocycles. The normalized spacial score (nSPS) is 15.8. The number of benzene rings is 2. The Balaban J connectivity index is 0.950. The van der Waals surface area contributed by atoms with Gasteiger partial charge >= 0.3 is 0 Å². The van der Waals surface area contributed by atoms with Gasteiger partial charge in [-0.15, -0.1) is 11.3 Å². The molecule has 1 fully saturated rings. The van der Waals surface area contributed by atoms with Crippen LogP contribution < -0.4 is 26.0 Å². The maximum Gasteiger partial charge on any atom is 0.262 e. The van der Waals surface area contributed by atoms with E-state index in [0.29, 0.717) is 5.69 Å². The van der Waals surface area contributed by atoms with Crippen LogP contribution in [0.2, 0.25) is 0 Å². The topological polar surface area (TPSA) is 241 Å². The molecular weight excluding hydrogens is 783 g/mol. The Bertz CT molecular complexity index is 2330.